The Kier molecular flexibility index (Phi) is 12.9. The summed E-state index contributed by atoms with van der Waals surface area (Å²) in [6.45, 7) is 5.40. The van der Waals surface area contributed by atoms with E-state index < -0.39 is 74.7 Å². The summed E-state index contributed by atoms with van der Waals surface area (Å²) < 4.78 is 54.2. The van der Waals surface area contributed by atoms with Crippen molar-refractivity contribution in [2.24, 2.45) is 0 Å². The molecule has 19 heteroatoms. The Bertz CT molecular complexity index is 1170. The third-order valence-corrected chi connectivity index (χ3v) is 11.0. The number of nitrogens with zero attached hydrogens (tertiary/aromatic N) is 1. The zero-order valence-electron chi connectivity index (χ0n) is 22.5. The Balaban J connectivity index is 2.10. The van der Waals surface area contributed by atoms with Gasteiger partial charge >= 0.3 is 20.9 Å². The molecule has 2 amide bonds. The highest BCUT2D eigenvalue weighted by molar-refractivity contribution is 7.72. The molecule has 1 aliphatic heterocycles. The minimum Gasteiger partial charge on any atom is -0.387 e. The lowest BCUT2D eigenvalue weighted by molar-refractivity contribution is -0.137. The Labute approximate surface area is 229 Å². The van der Waals surface area contributed by atoms with Crippen LogP contribution in [0.15, 0.2) is 21.9 Å². The van der Waals surface area contributed by atoms with E-state index in [2.05, 4.69) is 10.6 Å². The average molecular weight is 614 g/mol. The van der Waals surface area contributed by atoms with Crippen LogP contribution in [-0.4, -0.2) is 88.4 Å². The lowest BCUT2D eigenvalue weighted by Gasteiger charge is -2.31. The van der Waals surface area contributed by atoms with E-state index in [-0.39, 0.29) is 33.0 Å². The minimum atomic E-state index is -4.25. The van der Waals surface area contributed by atoms with E-state index in [1.807, 2.05) is 4.98 Å². The maximum Gasteiger partial charge on any atom is 0.365 e. The fourth-order valence-corrected chi connectivity index (χ4v) is 8.70. The molecular weight excluding hydrogens is 578 g/mol. The molecule has 17 nitrogen and oxygen atoms in total. The van der Waals surface area contributed by atoms with Crippen molar-refractivity contribution >= 4 is 27.0 Å². The Hall–Kier alpha value is -2.20. The second-order valence-electron chi connectivity index (χ2n) is 8.18. The van der Waals surface area contributed by atoms with Crippen molar-refractivity contribution in [1.29, 1.82) is 0 Å². The summed E-state index contributed by atoms with van der Waals surface area (Å²) in [6.07, 6.45) is -5.92. The van der Waals surface area contributed by atoms with Crippen LogP contribution in [-0.2, 0) is 41.6 Å². The molecule has 0 radical (unpaired) electrons. The molecule has 4 atom stereocenters. The molecule has 0 saturated carbocycles. The van der Waals surface area contributed by atoms with Gasteiger partial charge in [-0.3, -0.25) is 33.1 Å². The normalized spacial score (nSPS) is 21.5. The maximum atomic E-state index is 13.5. The Morgan fingerprint density at radius 3 is 2.00 bits per heavy atom. The van der Waals surface area contributed by atoms with E-state index in [9.17, 15) is 38.5 Å². The van der Waals surface area contributed by atoms with Crippen LogP contribution in [0.2, 0.25) is 0 Å². The first kappa shape index (κ1) is 34.0. The van der Waals surface area contributed by atoms with Crippen LogP contribution in [0.3, 0.4) is 0 Å². The number of carbonyl (C=O) groups excluding carboxylic acids is 2. The highest BCUT2D eigenvalue weighted by Crippen LogP contribution is 2.69. The van der Waals surface area contributed by atoms with Crippen molar-refractivity contribution in [3.8, 4) is 0 Å². The summed E-state index contributed by atoms with van der Waals surface area (Å²) in [4.78, 5) is 50.7. The molecule has 5 N–H and O–H groups in total. The van der Waals surface area contributed by atoms with Crippen LogP contribution in [0.5, 0.6) is 0 Å². The highest BCUT2D eigenvalue weighted by atomic mass is 31.2. The number of hydrogen-bond acceptors (Lipinski definition) is 13. The van der Waals surface area contributed by atoms with Gasteiger partial charge in [0.05, 0.1) is 26.4 Å². The molecule has 2 rings (SSSR count). The van der Waals surface area contributed by atoms with E-state index in [0.717, 1.165) is 16.8 Å². The molecule has 1 aliphatic rings. The third kappa shape index (κ3) is 8.18. The molecule has 0 unspecified atom stereocenters. The second-order valence-corrected chi connectivity index (χ2v) is 12.8. The monoisotopic (exact) mass is 614 g/mol. The SMILES string of the molecule is CCOP(=O)(OCC)C(NC(=O)CCNC(=O)[C@H]1O[C@@H](n2ccc(=O)[nH]c2=O)[C@H](O)[C@@H]1O)P(=O)(OCC)OCC. The standard InChI is InChI=1S/C21H36N4O13P2/c1-5-34-39(32,35-6-2)21(40(33,36-7-3)37-8-4)24-13(26)9-11-22-18(30)17-15(28)16(29)19(38-17)25-12-10-14(27)23-20(25)31/h10,12,15-17,19,21,28-29H,5-9,11H2,1-4H3,(H,22,30)(H,24,26)(H,23,27,31)/t15-,16+,17-,19+/m0/s1. The summed E-state index contributed by atoms with van der Waals surface area (Å²) in [5.41, 5.74) is -3.42. The number of aliphatic hydroxyl groups is 2. The van der Waals surface area contributed by atoms with Crippen LogP contribution in [0.4, 0.5) is 0 Å². The van der Waals surface area contributed by atoms with Crippen molar-refractivity contribution in [2.75, 3.05) is 33.0 Å². The summed E-state index contributed by atoms with van der Waals surface area (Å²) in [5.74, 6) is -1.74. The molecular formula is C21H36N4O13P2. The number of ether oxygens (including phenoxy) is 1. The number of aromatic amines is 1. The van der Waals surface area contributed by atoms with Gasteiger partial charge in [-0.1, -0.05) is 0 Å². The molecule has 1 saturated heterocycles. The van der Waals surface area contributed by atoms with E-state index in [1.165, 1.54) is 27.7 Å². The van der Waals surface area contributed by atoms with E-state index in [0.29, 0.717) is 0 Å². The minimum absolute atomic E-state index is 0.0975. The van der Waals surface area contributed by atoms with Gasteiger partial charge in [0.15, 0.2) is 12.3 Å². The Morgan fingerprint density at radius 1 is 1.00 bits per heavy atom. The number of nitrogens with one attached hydrogen (secondary N) is 3. The van der Waals surface area contributed by atoms with Gasteiger partial charge in [0.2, 0.25) is 11.4 Å². The lowest BCUT2D eigenvalue weighted by atomic mass is 10.1. The number of aromatic nitrogens is 2. The topological polar surface area (TPSA) is 234 Å². The number of hydrogen-bond donors (Lipinski definition) is 5. The quantitative estimate of drug-likeness (QED) is 0.149. The predicted octanol–water partition coefficient (Wildman–Crippen LogP) is -0.406. The van der Waals surface area contributed by atoms with Crippen molar-refractivity contribution in [3.05, 3.63) is 33.1 Å². The van der Waals surface area contributed by atoms with Crippen molar-refractivity contribution in [1.82, 2.24) is 20.2 Å². The number of rotatable bonds is 16. The van der Waals surface area contributed by atoms with Crippen LogP contribution in [0.1, 0.15) is 40.3 Å². The summed E-state index contributed by atoms with van der Waals surface area (Å²) in [5, 5.41) is 25.3. The molecule has 1 aromatic rings. The first-order valence-corrected chi connectivity index (χ1v) is 15.8. The molecule has 1 aromatic heterocycles. The van der Waals surface area contributed by atoms with Gasteiger partial charge in [-0.2, -0.15) is 0 Å². The van der Waals surface area contributed by atoms with Crippen molar-refractivity contribution in [2.45, 2.75) is 64.2 Å². The Morgan fingerprint density at radius 2 is 1.52 bits per heavy atom. The second kappa shape index (κ2) is 15.1. The molecule has 0 aromatic carbocycles. The first-order valence-electron chi connectivity index (χ1n) is 12.5. The smallest absolute Gasteiger partial charge is 0.365 e. The third-order valence-electron chi connectivity index (χ3n) is 5.40. The van der Waals surface area contributed by atoms with Crippen molar-refractivity contribution in [3.63, 3.8) is 0 Å². The molecule has 0 aliphatic carbocycles. The summed E-state index contributed by atoms with van der Waals surface area (Å²) in [6, 6.07) is 0.995. The molecule has 1 fully saturated rings. The van der Waals surface area contributed by atoms with Gasteiger partial charge in [0.25, 0.3) is 11.5 Å². The van der Waals surface area contributed by atoms with Gasteiger partial charge in [-0.15, -0.1) is 0 Å². The zero-order chi connectivity index (χ0) is 30.1. The fourth-order valence-electron chi connectivity index (χ4n) is 3.76. The molecule has 228 valence electrons. The molecule has 40 heavy (non-hydrogen) atoms. The number of H-pyrrole nitrogens is 1. The number of amides is 2. The van der Waals surface area contributed by atoms with Gasteiger partial charge in [-0.25, -0.2) is 4.79 Å². The van der Waals surface area contributed by atoms with Crippen LogP contribution >= 0.6 is 15.2 Å². The van der Waals surface area contributed by atoms with Gasteiger partial charge in [0, 0.05) is 25.2 Å². The van der Waals surface area contributed by atoms with Crippen molar-refractivity contribution < 1.29 is 51.8 Å². The van der Waals surface area contributed by atoms with Crippen LogP contribution in [0.25, 0.3) is 0 Å². The summed E-state index contributed by atoms with van der Waals surface area (Å²) >= 11 is 0. The zero-order valence-corrected chi connectivity index (χ0v) is 24.3. The average Bonchev–Trinajstić information content (AvgIpc) is 3.17. The number of carbonyl (C=O) groups is 2. The van der Waals surface area contributed by atoms with Crippen LogP contribution in [0, 0.1) is 0 Å². The van der Waals surface area contributed by atoms with Gasteiger partial charge in [-0.05, 0) is 27.7 Å². The van der Waals surface area contributed by atoms with Crippen LogP contribution < -0.4 is 21.9 Å². The van der Waals surface area contributed by atoms with E-state index in [1.54, 1.807) is 0 Å². The van der Waals surface area contributed by atoms with Gasteiger partial charge in [0.1, 0.15) is 12.2 Å². The maximum absolute atomic E-state index is 13.5. The largest absolute Gasteiger partial charge is 0.387 e. The fraction of sp³-hybridized carbons (Fsp3) is 0.714. The highest BCUT2D eigenvalue weighted by Gasteiger charge is 2.52. The first-order chi connectivity index (χ1) is 18.9. The molecule has 2 heterocycles. The lowest BCUT2D eigenvalue weighted by Crippen LogP contribution is -2.44. The van der Waals surface area contributed by atoms with E-state index >= 15 is 0 Å². The molecule has 0 spiro atoms. The van der Waals surface area contributed by atoms with E-state index in [4.69, 9.17) is 22.8 Å². The molecule has 0 bridgehead atoms. The predicted molar refractivity (Wildman–Crippen MR) is 139 cm³/mol. The number of aliphatic hydroxyl groups excluding tert-OH is 2. The summed E-state index contributed by atoms with van der Waals surface area (Å²) in [7, 11) is -8.51. The van der Waals surface area contributed by atoms with Gasteiger partial charge < -0.3 is 43.7 Å².